The average Bonchev–Trinajstić information content (AvgIpc) is 3.03. The normalized spacial score (nSPS) is 11.3. The summed E-state index contributed by atoms with van der Waals surface area (Å²) < 4.78 is 61.5. The lowest BCUT2D eigenvalue weighted by Gasteiger charge is -2.10. The van der Waals surface area contributed by atoms with Crippen LogP contribution in [0.2, 0.25) is 0 Å². The number of ether oxygens (including phenoxy) is 1. The van der Waals surface area contributed by atoms with Crippen LogP contribution in [0.1, 0.15) is 16.1 Å². The summed E-state index contributed by atoms with van der Waals surface area (Å²) in [5.74, 6) is -2.60. The van der Waals surface area contributed by atoms with E-state index in [1.54, 1.807) is 13.0 Å². The summed E-state index contributed by atoms with van der Waals surface area (Å²) in [6, 6.07) is 7.73. The van der Waals surface area contributed by atoms with Crippen molar-refractivity contribution in [2.45, 2.75) is 11.8 Å². The van der Waals surface area contributed by atoms with Crippen LogP contribution >= 0.6 is 0 Å². The molecular weight excluding hydrogens is 404 g/mol. The zero-order valence-electron chi connectivity index (χ0n) is 15.7. The number of amides is 1. The highest BCUT2D eigenvalue weighted by atomic mass is 32.2. The van der Waals surface area contributed by atoms with Crippen LogP contribution in [-0.2, 0) is 17.1 Å². The van der Waals surface area contributed by atoms with E-state index in [0.717, 1.165) is 12.1 Å². The number of carbonyl (C=O) groups is 1. The van der Waals surface area contributed by atoms with E-state index in [4.69, 9.17) is 4.74 Å². The summed E-state index contributed by atoms with van der Waals surface area (Å²) in [4.78, 5) is 16.3. The van der Waals surface area contributed by atoms with Gasteiger partial charge < -0.3 is 9.30 Å². The molecule has 2 aromatic carbocycles. The Labute approximate surface area is 166 Å². The number of nitrogens with zero attached hydrogens (tertiary/aromatic N) is 2. The molecule has 1 heterocycles. The van der Waals surface area contributed by atoms with Crippen LogP contribution in [-0.4, -0.2) is 31.0 Å². The van der Waals surface area contributed by atoms with Crippen molar-refractivity contribution in [1.82, 2.24) is 14.3 Å². The van der Waals surface area contributed by atoms with E-state index in [0.29, 0.717) is 11.3 Å². The first-order valence-corrected chi connectivity index (χ1v) is 9.82. The van der Waals surface area contributed by atoms with Gasteiger partial charge in [-0.1, -0.05) is 12.1 Å². The fourth-order valence-electron chi connectivity index (χ4n) is 2.75. The number of methoxy groups -OCH3 is 1. The Morgan fingerprint density at radius 3 is 2.45 bits per heavy atom. The van der Waals surface area contributed by atoms with Gasteiger partial charge in [-0.05, 0) is 30.7 Å². The van der Waals surface area contributed by atoms with Gasteiger partial charge in [-0.25, -0.2) is 26.9 Å². The Morgan fingerprint density at radius 2 is 1.83 bits per heavy atom. The van der Waals surface area contributed by atoms with Gasteiger partial charge in [0.2, 0.25) is 0 Å². The minimum atomic E-state index is -4.23. The van der Waals surface area contributed by atoms with E-state index >= 15 is 0 Å². The first kappa shape index (κ1) is 20.5. The maximum atomic E-state index is 14.0. The number of hydrogen-bond donors (Lipinski definition) is 1. The highest BCUT2D eigenvalue weighted by Gasteiger charge is 2.25. The van der Waals surface area contributed by atoms with Gasteiger partial charge >= 0.3 is 0 Å². The van der Waals surface area contributed by atoms with Crippen LogP contribution in [0.4, 0.5) is 8.78 Å². The lowest BCUT2D eigenvalue weighted by atomic mass is 10.2. The summed E-state index contributed by atoms with van der Waals surface area (Å²) in [6.45, 7) is 1.57. The zero-order chi connectivity index (χ0) is 21.3. The van der Waals surface area contributed by atoms with Gasteiger partial charge in [0.05, 0.1) is 17.6 Å². The molecule has 1 aromatic heterocycles. The molecule has 29 heavy (non-hydrogen) atoms. The number of aryl methyl sites for hydroxylation is 2. The summed E-state index contributed by atoms with van der Waals surface area (Å²) in [6.07, 6.45) is 1.19. The van der Waals surface area contributed by atoms with Crippen LogP contribution in [0.15, 0.2) is 47.5 Å². The van der Waals surface area contributed by atoms with Crippen molar-refractivity contribution < 1.29 is 26.7 Å². The Morgan fingerprint density at radius 1 is 1.17 bits per heavy atom. The van der Waals surface area contributed by atoms with Crippen molar-refractivity contribution in [2.75, 3.05) is 7.11 Å². The van der Waals surface area contributed by atoms with Crippen molar-refractivity contribution in [2.24, 2.45) is 7.05 Å². The molecule has 0 saturated carbocycles. The van der Waals surface area contributed by atoms with Gasteiger partial charge in [-0.2, -0.15) is 0 Å². The van der Waals surface area contributed by atoms with Crippen molar-refractivity contribution >= 4 is 15.9 Å². The third-order valence-corrected chi connectivity index (χ3v) is 5.68. The summed E-state index contributed by atoms with van der Waals surface area (Å²) in [5.41, 5.74) is -0.323. The van der Waals surface area contributed by atoms with Crippen LogP contribution < -0.4 is 9.46 Å². The topological polar surface area (TPSA) is 90.3 Å². The van der Waals surface area contributed by atoms with Crippen LogP contribution in [0.5, 0.6) is 5.75 Å². The molecule has 0 saturated heterocycles. The highest BCUT2D eigenvalue weighted by Crippen LogP contribution is 2.25. The molecule has 1 N–H and O–H groups in total. The standard InChI is InChI=1S/C19H17F2N3O4S/c1-11-7-8-12(28-3)9-16(11)29(26,27)23-19(25)15-10-24(2)18(22-15)17-13(20)5-4-6-14(17)21/h4-10H,1-3H3,(H,23,25). The van der Waals surface area contributed by atoms with E-state index in [2.05, 4.69) is 4.98 Å². The maximum absolute atomic E-state index is 14.0. The number of aromatic nitrogens is 2. The van der Waals surface area contributed by atoms with E-state index in [-0.39, 0.29) is 16.4 Å². The fraction of sp³-hybridized carbons (Fsp3) is 0.158. The second-order valence-corrected chi connectivity index (χ2v) is 7.87. The average molecular weight is 421 g/mol. The number of halogens is 2. The third-order valence-electron chi connectivity index (χ3n) is 4.21. The Hall–Kier alpha value is -3.27. The van der Waals surface area contributed by atoms with E-state index in [1.807, 2.05) is 4.72 Å². The quantitative estimate of drug-likeness (QED) is 0.684. The molecule has 0 unspecified atom stereocenters. The molecule has 3 rings (SSSR count). The summed E-state index contributed by atoms with van der Waals surface area (Å²) in [7, 11) is -1.41. The predicted molar refractivity (Wildman–Crippen MR) is 101 cm³/mol. The number of carbonyl (C=O) groups excluding carboxylic acids is 1. The number of benzene rings is 2. The molecule has 152 valence electrons. The smallest absolute Gasteiger partial charge is 0.285 e. The van der Waals surface area contributed by atoms with E-state index in [9.17, 15) is 22.0 Å². The number of rotatable bonds is 5. The minimum absolute atomic E-state index is 0.137. The summed E-state index contributed by atoms with van der Waals surface area (Å²) >= 11 is 0. The number of imidazole rings is 1. The Balaban J connectivity index is 1.95. The minimum Gasteiger partial charge on any atom is -0.497 e. The first-order chi connectivity index (χ1) is 13.6. The Kier molecular flexibility index (Phi) is 5.38. The molecule has 0 spiro atoms. The highest BCUT2D eigenvalue weighted by molar-refractivity contribution is 7.90. The van der Waals surface area contributed by atoms with Crippen LogP contribution in [0.25, 0.3) is 11.4 Å². The van der Waals surface area contributed by atoms with Gasteiger partial charge in [0.25, 0.3) is 15.9 Å². The molecule has 0 atom stereocenters. The first-order valence-electron chi connectivity index (χ1n) is 8.33. The Bertz CT molecular complexity index is 1190. The number of sulfonamides is 1. The van der Waals surface area contributed by atoms with Gasteiger partial charge in [0, 0.05) is 19.3 Å². The van der Waals surface area contributed by atoms with Gasteiger partial charge in [0.15, 0.2) is 0 Å². The molecule has 0 fully saturated rings. The summed E-state index contributed by atoms with van der Waals surface area (Å²) in [5, 5.41) is 0. The molecule has 0 aliphatic rings. The van der Waals surface area contributed by atoms with Crippen molar-refractivity contribution in [3.05, 3.63) is 65.5 Å². The van der Waals surface area contributed by atoms with Crippen LogP contribution in [0.3, 0.4) is 0 Å². The lowest BCUT2D eigenvalue weighted by Crippen LogP contribution is -2.31. The number of nitrogens with one attached hydrogen (secondary N) is 1. The molecule has 7 nitrogen and oxygen atoms in total. The molecule has 1 amide bonds. The van der Waals surface area contributed by atoms with Gasteiger partial charge in [-0.15, -0.1) is 0 Å². The predicted octanol–water partition coefficient (Wildman–Crippen LogP) is 2.80. The molecular formula is C19H17F2N3O4S. The molecule has 10 heteroatoms. The molecule has 0 aliphatic carbocycles. The molecule has 0 aliphatic heterocycles. The van der Waals surface area contributed by atoms with Crippen LogP contribution in [0, 0.1) is 18.6 Å². The molecule has 0 radical (unpaired) electrons. The second-order valence-electron chi connectivity index (χ2n) is 6.22. The van der Waals surface area contributed by atoms with Crippen molar-refractivity contribution in [1.29, 1.82) is 0 Å². The lowest BCUT2D eigenvalue weighted by molar-refractivity contribution is 0.0977. The number of hydrogen-bond acceptors (Lipinski definition) is 5. The maximum Gasteiger partial charge on any atom is 0.285 e. The van der Waals surface area contributed by atoms with E-state index < -0.39 is 33.1 Å². The SMILES string of the molecule is COc1ccc(C)c(S(=O)(=O)NC(=O)c2cn(C)c(-c3c(F)cccc3F)n2)c1. The largest absolute Gasteiger partial charge is 0.497 e. The third kappa shape index (κ3) is 3.97. The van der Waals surface area contributed by atoms with Gasteiger partial charge in [0.1, 0.15) is 28.9 Å². The van der Waals surface area contributed by atoms with E-state index in [1.165, 1.54) is 43.1 Å². The monoisotopic (exact) mass is 421 g/mol. The van der Waals surface area contributed by atoms with Crippen molar-refractivity contribution in [3.8, 4) is 17.1 Å². The fourth-order valence-corrected chi connectivity index (χ4v) is 3.97. The van der Waals surface area contributed by atoms with Crippen molar-refractivity contribution in [3.63, 3.8) is 0 Å². The molecule has 0 bridgehead atoms. The second kappa shape index (κ2) is 7.63. The molecule has 3 aromatic rings. The van der Waals surface area contributed by atoms with Gasteiger partial charge in [-0.3, -0.25) is 4.79 Å². The zero-order valence-corrected chi connectivity index (χ0v) is 16.5.